The van der Waals surface area contributed by atoms with Crippen LogP contribution in [-0.4, -0.2) is 26.1 Å². The van der Waals surface area contributed by atoms with Gasteiger partial charge < -0.3 is 4.74 Å². The molecular formula is C14H13ClN2O4S. The predicted molar refractivity (Wildman–Crippen MR) is 82.4 cm³/mol. The summed E-state index contributed by atoms with van der Waals surface area (Å²) in [5.74, 6) is 0. The van der Waals surface area contributed by atoms with E-state index in [0.29, 0.717) is 12.1 Å². The van der Waals surface area contributed by atoms with Crippen molar-refractivity contribution in [2.24, 2.45) is 0 Å². The van der Waals surface area contributed by atoms with Crippen molar-refractivity contribution in [3.63, 3.8) is 0 Å². The lowest BCUT2D eigenvalue weighted by atomic mass is 10.3. The number of nitrogens with one attached hydrogen (secondary N) is 1. The average Bonchev–Trinajstić information content (AvgIpc) is 2.48. The maximum atomic E-state index is 11.6. The molecule has 0 saturated carbocycles. The molecule has 0 radical (unpaired) electrons. The Morgan fingerprint density at radius 2 is 1.91 bits per heavy atom. The van der Waals surface area contributed by atoms with Crippen LogP contribution in [0.3, 0.4) is 0 Å². The molecule has 1 heterocycles. The van der Waals surface area contributed by atoms with Crippen molar-refractivity contribution < 1.29 is 17.9 Å². The molecule has 0 saturated heterocycles. The molecule has 2 aromatic rings. The van der Waals surface area contributed by atoms with E-state index in [-0.39, 0.29) is 11.5 Å². The highest BCUT2D eigenvalue weighted by Gasteiger charge is 2.10. The topological polar surface area (TPSA) is 85.4 Å². The lowest BCUT2D eigenvalue weighted by molar-refractivity contribution is 0.162. The number of aromatic nitrogens is 1. The first-order valence-corrected chi connectivity index (χ1v) is 8.64. The lowest BCUT2D eigenvalue weighted by Gasteiger charge is -2.07. The monoisotopic (exact) mass is 340 g/mol. The van der Waals surface area contributed by atoms with E-state index in [1.807, 2.05) is 18.2 Å². The summed E-state index contributed by atoms with van der Waals surface area (Å²) in [6.07, 6.45) is 1.55. The Kier molecular flexibility index (Phi) is 5.35. The molecule has 0 atom stereocenters. The standard InChI is InChI=1S/C14H13ClN2O4S/c15-22(19,20)13-6-4-12(5-7-13)17-14(18)21-10-8-11-3-1-2-9-16-11/h1-7,9H,8,10H2,(H,17,18). The van der Waals surface area contributed by atoms with Crippen LogP contribution in [0.2, 0.25) is 0 Å². The number of rotatable bonds is 5. The predicted octanol–water partition coefficient (Wildman–Crippen LogP) is 2.80. The largest absolute Gasteiger partial charge is 0.449 e. The van der Waals surface area contributed by atoms with Crippen LogP contribution < -0.4 is 5.32 Å². The molecule has 116 valence electrons. The van der Waals surface area contributed by atoms with E-state index >= 15 is 0 Å². The molecule has 8 heteroatoms. The molecule has 0 aliphatic carbocycles. The summed E-state index contributed by atoms with van der Waals surface area (Å²) in [5.41, 5.74) is 1.24. The SMILES string of the molecule is O=C(Nc1ccc(S(=O)(=O)Cl)cc1)OCCc1ccccn1. The molecule has 1 amide bonds. The number of anilines is 1. The van der Waals surface area contributed by atoms with Gasteiger partial charge in [-0.1, -0.05) is 6.07 Å². The minimum atomic E-state index is -3.77. The fraction of sp³-hybridized carbons (Fsp3) is 0.143. The number of carbonyl (C=O) groups excluding carboxylic acids is 1. The number of halogens is 1. The van der Waals surface area contributed by atoms with Gasteiger partial charge in [0, 0.05) is 34.7 Å². The van der Waals surface area contributed by atoms with Crippen LogP contribution in [0.25, 0.3) is 0 Å². The van der Waals surface area contributed by atoms with Crippen molar-refractivity contribution in [2.75, 3.05) is 11.9 Å². The van der Waals surface area contributed by atoms with Crippen molar-refractivity contribution in [3.8, 4) is 0 Å². The van der Waals surface area contributed by atoms with Crippen LogP contribution in [0.15, 0.2) is 53.6 Å². The number of hydrogen-bond acceptors (Lipinski definition) is 5. The molecule has 6 nitrogen and oxygen atoms in total. The molecule has 22 heavy (non-hydrogen) atoms. The zero-order valence-electron chi connectivity index (χ0n) is 11.4. The van der Waals surface area contributed by atoms with Crippen LogP contribution in [0.5, 0.6) is 0 Å². The summed E-state index contributed by atoms with van der Waals surface area (Å²) < 4.78 is 27.2. The van der Waals surface area contributed by atoms with Crippen LogP contribution in [0, 0.1) is 0 Å². The van der Waals surface area contributed by atoms with Gasteiger partial charge in [0.15, 0.2) is 0 Å². The third-order valence-corrected chi connectivity index (χ3v) is 4.07. The summed E-state index contributed by atoms with van der Waals surface area (Å²) in [4.78, 5) is 15.7. The normalized spacial score (nSPS) is 11.0. The fourth-order valence-electron chi connectivity index (χ4n) is 1.65. The number of ether oxygens (including phenoxy) is 1. The molecule has 1 aromatic heterocycles. The third-order valence-electron chi connectivity index (χ3n) is 2.70. The highest BCUT2D eigenvalue weighted by molar-refractivity contribution is 8.13. The van der Waals surface area contributed by atoms with Crippen molar-refractivity contribution in [1.82, 2.24) is 4.98 Å². The van der Waals surface area contributed by atoms with E-state index in [1.54, 1.807) is 6.20 Å². The Bertz CT molecular complexity index is 733. The maximum absolute atomic E-state index is 11.6. The van der Waals surface area contributed by atoms with E-state index in [0.717, 1.165) is 5.69 Å². The molecule has 0 aliphatic rings. The molecular weight excluding hydrogens is 328 g/mol. The molecule has 2 rings (SSSR count). The number of benzene rings is 1. The Morgan fingerprint density at radius 1 is 1.18 bits per heavy atom. The number of amides is 1. The first-order chi connectivity index (χ1) is 10.4. The Balaban J connectivity index is 1.82. The van der Waals surface area contributed by atoms with Crippen LogP contribution in [-0.2, 0) is 20.2 Å². The summed E-state index contributed by atoms with van der Waals surface area (Å²) in [7, 11) is 1.43. The second-order valence-corrected chi connectivity index (χ2v) is 6.86. The van der Waals surface area contributed by atoms with Gasteiger partial charge in [0.05, 0.1) is 11.5 Å². The number of hydrogen-bond donors (Lipinski definition) is 1. The summed E-state index contributed by atoms with van der Waals surface area (Å²) in [6.45, 7) is 0.191. The van der Waals surface area contributed by atoms with Gasteiger partial charge in [-0.25, -0.2) is 13.2 Å². The molecule has 0 spiro atoms. The lowest BCUT2D eigenvalue weighted by Crippen LogP contribution is -2.15. The molecule has 0 unspecified atom stereocenters. The van der Waals surface area contributed by atoms with E-state index < -0.39 is 15.1 Å². The second kappa shape index (κ2) is 7.24. The molecule has 1 N–H and O–H groups in total. The van der Waals surface area contributed by atoms with Crippen molar-refractivity contribution >= 4 is 31.5 Å². The van der Waals surface area contributed by atoms with Crippen molar-refractivity contribution in [2.45, 2.75) is 11.3 Å². The Labute approximate surface area is 132 Å². The van der Waals surface area contributed by atoms with E-state index in [9.17, 15) is 13.2 Å². The molecule has 0 aliphatic heterocycles. The highest BCUT2D eigenvalue weighted by atomic mass is 35.7. The van der Waals surface area contributed by atoms with E-state index in [4.69, 9.17) is 15.4 Å². The zero-order valence-corrected chi connectivity index (χ0v) is 13.0. The van der Waals surface area contributed by atoms with Crippen LogP contribution in [0.1, 0.15) is 5.69 Å². The quantitative estimate of drug-likeness (QED) is 0.846. The number of carbonyl (C=O) groups is 1. The first-order valence-electron chi connectivity index (χ1n) is 6.33. The Hall–Kier alpha value is -2.12. The molecule has 1 aromatic carbocycles. The van der Waals surface area contributed by atoms with Gasteiger partial charge in [0.1, 0.15) is 0 Å². The van der Waals surface area contributed by atoms with Gasteiger partial charge in [-0.3, -0.25) is 10.3 Å². The second-order valence-electron chi connectivity index (χ2n) is 4.29. The summed E-state index contributed by atoms with van der Waals surface area (Å²) >= 11 is 0. The molecule has 0 bridgehead atoms. The van der Waals surface area contributed by atoms with E-state index in [2.05, 4.69) is 10.3 Å². The highest BCUT2D eigenvalue weighted by Crippen LogP contribution is 2.17. The molecule has 0 fully saturated rings. The Morgan fingerprint density at radius 3 is 2.50 bits per heavy atom. The first kappa shape index (κ1) is 16.3. The average molecular weight is 341 g/mol. The van der Waals surface area contributed by atoms with Crippen molar-refractivity contribution in [1.29, 1.82) is 0 Å². The number of pyridine rings is 1. The van der Waals surface area contributed by atoms with Gasteiger partial charge in [-0.2, -0.15) is 0 Å². The van der Waals surface area contributed by atoms with Gasteiger partial charge >= 0.3 is 6.09 Å². The number of nitrogens with zero attached hydrogens (tertiary/aromatic N) is 1. The summed E-state index contributed by atoms with van der Waals surface area (Å²) in [5, 5.41) is 2.49. The van der Waals surface area contributed by atoms with Crippen LogP contribution >= 0.6 is 10.7 Å². The van der Waals surface area contributed by atoms with Gasteiger partial charge in [-0.15, -0.1) is 0 Å². The smallest absolute Gasteiger partial charge is 0.411 e. The van der Waals surface area contributed by atoms with Crippen LogP contribution in [0.4, 0.5) is 10.5 Å². The van der Waals surface area contributed by atoms with Gasteiger partial charge in [-0.05, 0) is 36.4 Å². The van der Waals surface area contributed by atoms with E-state index in [1.165, 1.54) is 24.3 Å². The fourth-order valence-corrected chi connectivity index (χ4v) is 2.42. The van der Waals surface area contributed by atoms with Gasteiger partial charge in [0.2, 0.25) is 0 Å². The van der Waals surface area contributed by atoms with Crippen molar-refractivity contribution in [3.05, 3.63) is 54.4 Å². The minimum absolute atomic E-state index is 0.0387. The maximum Gasteiger partial charge on any atom is 0.411 e. The third kappa shape index (κ3) is 5.01. The minimum Gasteiger partial charge on any atom is -0.449 e. The summed E-state index contributed by atoms with van der Waals surface area (Å²) in [6, 6.07) is 10.9. The zero-order chi connectivity index (χ0) is 16.0. The van der Waals surface area contributed by atoms with Gasteiger partial charge in [0.25, 0.3) is 9.05 Å².